The Morgan fingerprint density at radius 1 is 1.21 bits per heavy atom. The van der Waals surface area contributed by atoms with Crippen LogP contribution in [0.2, 0.25) is 0 Å². The molecule has 5 heteroatoms. The van der Waals surface area contributed by atoms with E-state index in [-0.39, 0.29) is 0 Å². The Morgan fingerprint density at radius 3 is 2.83 bits per heavy atom. The molecule has 4 rings (SSSR count). The molecule has 4 nitrogen and oxygen atoms in total. The quantitative estimate of drug-likeness (QED) is 0.850. The topological polar surface area (TPSA) is 36.4 Å². The van der Waals surface area contributed by atoms with E-state index in [4.69, 9.17) is 4.98 Å². The van der Waals surface area contributed by atoms with Gasteiger partial charge in [0.15, 0.2) is 0 Å². The maximum atomic E-state index is 12.3. The van der Waals surface area contributed by atoms with Crippen LogP contribution in [-0.2, 0) is 11.3 Å². The number of para-hydroxylation sites is 1. The predicted octanol–water partition coefficient (Wildman–Crippen LogP) is 3.66. The molecule has 1 aromatic heterocycles. The maximum absolute atomic E-state index is 12.3. The minimum Gasteiger partial charge on any atom is -0.338 e. The largest absolute Gasteiger partial charge is 0.338 e. The average Bonchev–Trinajstić information content (AvgIpc) is 3.32. The van der Waals surface area contributed by atoms with E-state index in [2.05, 4.69) is 34.1 Å². The van der Waals surface area contributed by atoms with E-state index in [1.807, 2.05) is 6.92 Å². The van der Waals surface area contributed by atoms with E-state index < -0.39 is 0 Å². The fourth-order valence-corrected chi connectivity index (χ4v) is 5.34. The van der Waals surface area contributed by atoms with E-state index >= 15 is 0 Å². The summed E-state index contributed by atoms with van der Waals surface area (Å²) < 4.78 is 1.27. The van der Waals surface area contributed by atoms with Gasteiger partial charge in [-0.2, -0.15) is 0 Å². The first-order chi connectivity index (χ1) is 11.8. The lowest BCUT2D eigenvalue weighted by Crippen LogP contribution is -2.47. The van der Waals surface area contributed by atoms with Crippen LogP contribution < -0.4 is 0 Å². The average molecular weight is 343 g/mol. The maximum Gasteiger partial charge on any atom is 0.222 e. The van der Waals surface area contributed by atoms with Crippen LogP contribution in [0.5, 0.6) is 0 Å². The summed E-state index contributed by atoms with van der Waals surface area (Å²) >= 11 is 1.81. The Morgan fingerprint density at radius 2 is 2.00 bits per heavy atom. The molecule has 2 atom stereocenters. The lowest BCUT2D eigenvalue weighted by Gasteiger charge is -2.34. The zero-order valence-corrected chi connectivity index (χ0v) is 15.1. The number of hydrogen-bond donors (Lipinski definition) is 0. The molecule has 2 aliphatic rings. The zero-order chi connectivity index (χ0) is 16.5. The minimum atomic E-state index is 0.323. The molecule has 0 radical (unpaired) electrons. The monoisotopic (exact) mass is 343 g/mol. The van der Waals surface area contributed by atoms with Crippen LogP contribution in [-0.4, -0.2) is 45.9 Å². The van der Waals surface area contributed by atoms with Crippen LogP contribution in [0, 0.1) is 0 Å². The molecule has 0 saturated carbocycles. The summed E-state index contributed by atoms with van der Waals surface area (Å²) in [6.45, 7) is 4.98. The number of likely N-dealkylation sites (tertiary alicyclic amines) is 2. The van der Waals surface area contributed by atoms with Crippen molar-refractivity contribution < 1.29 is 4.79 Å². The second-order valence-electron chi connectivity index (χ2n) is 6.91. The number of amides is 1. The minimum absolute atomic E-state index is 0.323. The number of rotatable bonds is 4. The van der Waals surface area contributed by atoms with Gasteiger partial charge in [0, 0.05) is 25.0 Å². The van der Waals surface area contributed by atoms with Gasteiger partial charge in [-0.3, -0.25) is 9.69 Å². The number of nitrogens with zero attached hydrogens (tertiary/aromatic N) is 3. The SMILES string of the molecule is CCC(=O)N1CCC[C@H]1[C@H]1CCCN1Cc1nc2ccccc2s1. The summed E-state index contributed by atoms with van der Waals surface area (Å²) in [4.78, 5) is 21.8. The van der Waals surface area contributed by atoms with Gasteiger partial charge in [-0.05, 0) is 44.4 Å². The molecule has 24 heavy (non-hydrogen) atoms. The molecule has 0 N–H and O–H groups in total. The second kappa shape index (κ2) is 6.81. The number of carbonyl (C=O) groups excluding carboxylic acids is 1. The normalized spacial score (nSPS) is 25.0. The van der Waals surface area contributed by atoms with Crippen molar-refractivity contribution in [2.45, 2.75) is 57.7 Å². The van der Waals surface area contributed by atoms with Crippen molar-refractivity contribution in [3.8, 4) is 0 Å². The molecule has 1 amide bonds. The molecular weight excluding hydrogens is 318 g/mol. The van der Waals surface area contributed by atoms with Gasteiger partial charge in [0.05, 0.1) is 16.8 Å². The third-order valence-corrected chi connectivity index (χ3v) is 6.48. The molecule has 0 spiro atoms. The second-order valence-corrected chi connectivity index (χ2v) is 8.02. The van der Waals surface area contributed by atoms with Gasteiger partial charge in [0.25, 0.3) is 0 Å². The van der Waals surface area contributed by atoms with Crippen molar-refractivity contribution in [1.29, 1.82) is 0 Å². The highest BCUT2D eigenvalue weighted by Gasteiger charge is 2.39. The first kappa shape index (κ1) is 16.0. The van der Waals surface area contributed by atoms with Gasteiger partial charge in [0.1, 0.15) is 5.01 Å². The zero-order valence-electron chi connectivity index (χ0n) is 14.3. The Bertz CT molecular complexity index is 695. The van der Waals surface area contributed by atoms with Gasteiger partial charge in [0.2, 0.25) is 5.91 Å². The Labute approximate surface area is 147 Å². The van der Waals surface area contributed by atoms with Crippen molar-refractivity contribution in [2.75, 3.05) is 13.1 Å². The number of benzene rings is 1. The van der Waals surface area contributed by atoms with E-state index in [0.29, 0.717) is 24.4 Å². The predicted molar refractivity (Wildman–Crippen MR) is 98.1 cm³/mol. The lowest BCUT2D eigenvalue weighted by molar-refractivity contribution is -0.132. The Balaban J connectivity index is 1.51. The van der Waals surface area contributed by atoms with Crippen LogP contribution in [0.4, 0.5) is 0 Å². The van der Waals surface area contributed by atoms with Crippen LogP contribution >= 0.6 is 11.3 Å². The van der Waals surface area contributed by atoms with E-state index in [9.17, 15) is 4.79 Å². The van der Waals surface area contributed by atoms with Crippen LogP contribution in [0.25, 0.3) is 10.2 Å². The molecular formula is C19H25N3OS. The molecule has 128 valence electrons. The van der Waals surface area contributed by atoms with Crippen molar-refractivity contribution in [1.82, 2.24) is 14.8 Å². The number of aromatic nitrogens is 1. The van der Waals surface area contributed by atoms with Gasteiger partial charge < -0.3 is 4.90 Å². The lowest BCUT2D eigenvalue weighted by atomic mass is 10.0. The molecule has 1 aromatic carbocycles. The van der Waals surface area contributed by atoms with E-state index in [1.165, 1.54) is 22.5 Å². The van der Waals surface area contributed by atoms with Gasteiger partial charge in [-0.1, -0.05) is 19.1 Å². The third-order valence-electron chi connectivity index (χ3n) is 5.46. The van der Waals surface area contributed by atoms with Crippen LogP contribution in [0.3, 0.4) is 0 Å². The Hall–Kier alpha value is -1.46. The highest BCUT2D eigenvalue weighted by atomic mass is 32.1. The molecule has 0 unspecified atom stereocenters. The summed E-state index contributed by atoms with van der Waals surface area (Å²) in [5.74, 6) is 0.323. The number of hydrogen-bond acceptors (Lipinski definition) is 4. The van der Waals surface area contributed by atoms with E-state index in [1.54, 1.807) is 11.3 Å². The third kappa shape index (κ3) is 2.95. The highest BCUT2D eigenvalue weighted by molar-refractivity contribution is 7.18. The summed E-state index contributed by atoms with van der Waals surface area (Å²) in [6.07, 6.45) is 5.39. The van der Waals surface area contributed by atoms with Crippen molar-refractivity contribution in [3.63, 3.8) is 0 Å². The van der Waals surface area contributed by atoms with Crippen LogP contribution in [0.1, 0.15) is 44.0 Å². The molecule has 0 bridgehead atoms. The van der Waals surface area contributed by atoms with Gasteiger partial charge >= 0.3 is 0 Å². The molecule has 3 heterocycles. The number of fused-ring (bicyclic) bond motifs is 1. The summed E-state index contributed by atoms with van der Waals surface area (Å²) in [5, 5.41) is 1.20. The number of carbonyl (C=O) groups is 1. The molecule has 2 aliphatic heterocycles. The van der Waals surface area contributed by atoms with Crippen molar-refractivity contribution in [3.05, 3.63) is 29.3 Å². The molecule has 0 aliphatic carbocycles. The standard InChI is InChI=1S/C19H25N3OS/c1-2-19(23)22-12-6-9-16(22)15-8-5-11-21(15)13-18-20-14-7-3-4-10-17(14)24-18/h3-4,7,10,15-16H,2,5-6,8-9,11-13H2,1H3/t15-,16+/m1/s1. The fourth-order valence-electron chi connectivity index (χ4n) is 4.35. The number of thiazole rings is 1. The summed E-state index contributed by atoms with van der Waals surface area (Å²) in [5.41, 5.74) is 1.11. The molecule has 2 aromatic rings. The summed E-state index contributed by atoms with van der Waals surface area (Å²) in [7, 11) is 0. The Kier molecular flexibility index (Phi) is 4.55. The van der Waals surface area contributed by atoms with Gasteiger partial charge in [-0.25, -0.2) is 4.98 Å². The summed E-state index contributed by atoms with van der Waals surface area (Å²) in [6, 6.07) is 9.29. The molecule has 2 saturated heterocycles. The molecule has 2 fully saturated rings. The van der Waals surface area contributed by atoms with Crippen LogP contribution in [0.15, 0.2) is 24.3 Å². The van der Waals surface area contributed by atoms with Crippen molar-refractivity contribution >= 4 is 27.5 Å². The fraction of sp³-hybridized carbons (Fsp3) is 0.579. The smallest absolute Gasteiger partial charge is 0.222 e. The highest BCUT2D eigenvalue weighted by Crippen LogP contribution is 2.32. The van der Waals surface area contributed by atoms with Crippen molar-refractivity contribution in [2.24, 2.45) is 0 Å². The first-order valence-electron chi connectivity index (χ1n) is 9.14. The first-order valence-corrected chi connectivity index (χ1v) is 9.96. The van der Waals surface area contributed by atoms with Gasteiger partial charge in [-0.15, -0.1) is 11.3 Å². The van der Waals surface area contributed by atoms with E-state index in [0.717, 1.165) is 38.0 Å².